The summed E-state index contributed by atoms with van der Waals surface area (Å²) in [6.45, 7) is 5.47. The van der Waals surface area contributed by atoms with E-state index in [-0.39, 0.29) is 11.3 Å². The molecule has 4 rings (SSSR count). The molecule has 198 valence electrons. The summed E-state index contributed by atoms with van der Waals surface area (Å²) in [7, 11) is 0. The molecule has 3 aromatic rings. The Morgan fingerprint density at radius 1 is 0.868 bits per heavy atom. The van der Waals surface area contributed by atoms with E-state index in [0.717, 1.165) is 36.1 Å². The van der Waals surface area contributed by atoms with Crippen molar-refractivity contribution >= 4 is 17.4 Å². The van der Waals surface area contributed by atoms with Gasteiger partial charge in [-0.3, -0.25) is 9.59 Å². The number of benzene rings is 3. The van der Waals surface area contributed by atoms with E-state index in [4.69, 9.17) is 9.47 Å². The van der Waals surface area contributed by atoms with Gasteiger partial charge in [-0.2, -0.15) is 0 Å². The van der Waals surface area contributed by atoms with Crippen LogP contribution >= 0.6 is 0 Å². The van der Waals surface area contributed by atoms with Gasteiger partial charge in [0.15, 0.2) is 0 Å². The number of likely N-dealkylation sites (tertiary alicyclic amines) is 1. The van der Waals surface area contributed by atoms with Crippen LogP contribution < -0.4 is 9.47 Å². The van der Waals surface area contributed by atoms with Gasteiger partial charge in [0.2, 0.25) is 0 Å². The van der Waals surface area contributed by atoms with Crippen LogP contribution in [0.2, 0.25) is 0 Å². The number of nitrogens with zero attached hydrogens (tertiary/aromatic N) is 1. The van der Waals surface area contributed by atoms with Crippen LogP contribution in [0, 0.1) is 0 Å². The lowest BCUT2D eigenvalue weighted by Crippen LogP contribution is -2.31. The average Bonchev–Trinajstić information content (AvgIpc) is 3.20. The largest absolute Gasteiger partial charge is 0.507 e. The Bertz CT molecular complexity index is 1270. The van der Waals surface area contributed by atoms with Gasteiger partial charge in [0.1, 0.15) is 17.3 Å². The molecule has 0 radical (unpaired) electrons. The zero-order valence-electron chi connectivity index (χ0n) is 22.1. The predicted octanol–water partition coefficient (Wildman–Crippen LogP) is 6.32. The summed E-state index contributed by atoms with van der Waals surface area (Å²) in [4.78, 5) is 28.2. The lowest BCUT2D eigenvalue weighted by atomic mass is 9.95. The highest BCUT2D eigenvalue weighted by Gasteiger charge is 2.45. The molecule has 3 aromatic carbocycles. The lowest BCUT2D eigenvalue weighted by molar-refractivity contribution is -0.139. The van der Waals surface area contributed by atoms with Crippen molar-refractivity contribution in [1.82, 2.24) is 4.90 Å². The molecule has 1 saturated heterocycles. The summed E-state index contributed by atoms with van der Waals surface area (Å²) in [5, 5.41) is 11.4. The molecular weight excluding hydrogens is 478 g/mol. The third-order valence-electron chi connectivity index (χ3n) is 6.66. The number of hydrogen-bond acceptors (Lipinski definition) is 5. The number of aliphatic hydroxyl groups is 1. The second-order valence-corrected chi connectivity index (χ2v) is 9.31. The van der Waals surface area contributed by atoms with Crippen molar-refractivity contribution in [2.75, 3.05) is 19.8 Å². The fourth-order valence-electron chi connectivity index (χ4n) is 4.70. The van der Waals surface area contributed by atoms with Crippen molar-refractivity contribution in [1.29, 1.82) is 0 Å². The summed E-state index contributed by atoms with van der Waals surface area (Å²) in [5.74, 6) is -0.209. The van der Waals surface area contributed by atoms with Crippen molar-refractivity contribution < 1.29 is 24.2 Å². The van der Waals surface area contributed by atoms with E-state index in [9.17, 15) is 14.7 Å². The van der Waals surface area contributed by atoms with E-state index in [1.165, 1.54) is 0 Å². The molecule has 0 spiro atoms. The van der Waals surface area contributed by atoms with Crippen LogP contribution in [0.5, 0.6) is 11.5 Å². The monoisotopic (exact) mass is 513 g/mol. The zero-order valence-corrected chi connectivity index (χ0v) is 22.1. The number of ether oxygens (including phenoxy) is 2. The first-order chi connectivity index (χ1) is 18.5. The van der Waals surface area contributed by atoms with Gasteiger partial charge in [-0.15, -0.1) is 0 Å². The first kappa shape index (κ1) is 27.0. The average molecular weight is 514 g/mol. The third kappa shape index (κ3) is 6.25. The maximum atomic E-state index is 13.3. The molecule has 1 aliphatic rings. The molecule has 6 nitrogen and oxygen atoms in total. The van der Waals surface area contributed by atoms with Crippen LogP contribution in [0.4, 0.5) is 0 Å². The van der Waals surface area contributed by atoms with Gasteiger partial charge in [0, 0.05) is 12.1 Å². The number of rotatable bonds is 12. The van der Waals surface area contributed by atoms with Crippen molar-refractivity contribution in [3.63, 3.8) is 0 Å². The van der Waals surface area contributed by atoms with E-state index in [0.29, 0.717) is 37.5 Å². The van der Waals surface area contributed by atoms with Crippen LogP contribution in [0.3, 0.4) is 0 Å². The molecule has 1 heterocycles. The third-order valence-corrected chi connectivity index (χ3v) is 6.66. The summed E-state index contributed by atoms with van der Waals surface area (Å²) < 4.78 is 11.4. The minimum atomic E-state index is -0.719. The standard InChI is InChI=1S/C32H35NO5/c1-3-5-9-21-38-26-17-15-24(16-18-26)29-28(30(34)25-13-10-14-27(22-25)37-4-2)31(35)32(36)33(29)20-19-23-11-7-6-8-12-23/h6-8,10-18,22,29,34H,3-5,9,19-21H2,1-2H3/b30-28+. The minimum Gasteiger partial charge on any atom is -0.507 e. The fraction of sp³-hybridized carbons (Fsp3) is 0.312. The van der Waals surface area contributed by atoms with Crippen molar-refractivity contribution in [3.8, 4) is 11.5 Å². The van der Waals surface area contributed by atoms with Crippen LogP contribution in [0.25, 0.3) is 5.76 Å². The number of aliphatic hydroxyl groups excluding tert-OH is 1. The second-order valence-electron chi connectivity index (χ2n) is 9.31. The van der Waals surface area contributed by atoms with E-state index < -0.39 is 17.7 Å². The van der Waals surface area contributed by atoms with Crippen LogP contribution in [-0.4, -0.2) is 41.5 Å². The summed E-state index contributed by atoms with van der Waals surface area (Å²) in [5.41, 5.74) is 2.31. The van der Waals surface area contributed by atoms with Gasteiger partial charge < -0.3 is 19.5 Å². The highest BCUT2D eigenvalue weighted by Crippen LogP contribution is 2.40. The first-order valence-electron chi connectivity index (χ1n) is 13.3. The van der Waals surface area contributed by atoms with Crippen molar-refractivity contribution in [2.45, 2.75) is 45.6 Å². The summed E-state index contributed by atoms with van der Waals surface area (Å²) in [6.07, 6.45) is 3.80. The lowest BCUT2D eigenvalue weighted by Gasteiger charge is -2.25. The number of amides is 1. The normalized spacial score (nSPS) is 16.6. The van der Waals surface area contributed by atoms with Gasteiger partial charge in [-0.25, -0.2) is 0 Å². The quantitative estimate of drug-likeness (QED) is 0.133. The fourth-order valence-corrected chi connectivity index (χ4v) is 4.70. The molecule has 1 aliphatic heterocycles. The number of unbranched alkanes of at least 4 members (excludes halogenated alkanes) is 2. The predicted molar refractivity (Wildman–Crippen MR) is 148 cm³/mol. The molecular formula is C32H35NO5. The van der Waals surface area contributed by atoms with Gasteiger partial charge in [-0.1, -0.05) is 74.4 Å². The zero-order chi connectivity index (χ0) is 26.9. The Hall–Kier alpha value is -4.06. The Balaban J connectivity index is 1.69. The number of carbonyl (C=O) groups excluding carboxylic acids is 2. The Labute approximate surface area is 224 Å². The van der Waals surface area contributed by atoms with Crippen molar-refractivity contribution in [2.24, 2.45) is 0 Å². The second kappa shape index (κ2) is 13.0. The Morgan fingerprint density at radius 3 is 2.34 bits per heavy atom. The molecule has 1 N–H and O–H groups in total. The van der Waals surface area contributed by atoms with Crippen LogP contribution in [0.15, 0.2) is 84.4 Å². The minimum absolute atomic E-state index is 0.0772. The van der Waals surface area contributed by atoms with Crippen molar-refractivity contribution in [3.05, 3.63) is 101 Å². The van der Waals surface area contributed by atoms with Gasteiger partial charge in [-0.05, 0) is 55.2 Å². The smallest absolute Gasteiger partial charge is 0.295 e. The molecule has 0 bridgehead atoms. The molecule has 0 aliphatic carbocycles. The molecule has 6 heteroatoms. The number of carbonyl (C=O) groups is 2. The molecule has 1 atom stereocenters. The molecule has 1 unspecified atom stereocenters. The number of hydrogen-bond donors (Lipinski definition) is 1. The van der Waals surface area contributed by atoms with Gasteiger partial charge in [0.25, 0.3) is 11.7 Å². The van der Waals surface area contributed by atoms with Crippen LogP contribution in [0.1, 0.15) is 55.8 Å². The van der Waals surface area contributed by atoms with E-state index in [2.05, 4.69) is 6.92 Å². The Morgan fingerprint density at radius 2 is 1.63 bits per heavy atom. The molecule has 1 fully saturated rings. The summed E-state index contributed by atoms with van der Waals surface area (Å²) in [6, 6.07) is 23.5. The number of Topliss-reactive ketones (excluding diaryl/α,β-unsaturated/α-hetero) is 1. The van der Waals surface area contributed by atoms with Gasteiger partial charge >= 0.3 is 0 Å². The van der Waals surface area contributed by atoms with E-state index in [1.807, 2.05) is 61.5 Å². The summed E-state index contributed by atoms with van der Waals surface area (Å²) >= 11 is 0. The molecule has 0 saturated carbocycles. The maximum Gasteiger partial charge on any atom is 0.295 e. The topological polar surface area (TPSA) is 76.1 Å². The highest BCUT2D eigenvalue weighted by molar-refractivity contribution is 6.46. The number of ketones is 1. The van der Waals surface area contributed by atoms with Gasteiger partial charge in [0.05, 0.1) is 24.8 Å². The highest BCUT2D eigenvalue weighted by atomic mass is 16.5. The SMILES string of the molecule is CCCCCOc1ccc(C2/C(=C(\O)c3cccc(OCC)c3)C(=O)C(=O)N2CCc2ccccc2)cc1. The van der Waals surface area contributed by atoms with E-state index >= 15 is 0 Å². The first-order valence-corrected chi connectivity index (χ1v) is 13.3. The van der Waals surface area contributed by atoms with E-state index in [1.54, 1.807) is 29.2 Å². The maximum absolute atomic E-state index is 13.3. The Kier molecular flexibility index (Phi) is 9.20. The molecule has 38 heavy (non-hydrogen) atoms. The molecule has 0 aromatic heterocycles. The van der Waals surface area contributed by atoms with Crippen LogP contribution in [-0.2, 0) is 16.0 Å². The molecule has 1 amide bonds.